The molecular weight excluding hydrogens is 324 g/mol. The number of ether oxygens (including phenoxy) is 2. The third-order valence-electron chi connectivity index (χ3n) is 3.36. The standard InChI is InChI=1S/C15H17ClN2O5/c1-8(23-15(21)11-4-6-13(19)18-11)14(20)17-9-3-5-12(22-2)10(16)7-9/h3,5,7-8,11H,4,6H2,1-2H3,(H,17,20)(H,18,19)/t8-,11+/m1/s1. The van der Waals surface area contributed by atoms with Crippen molar-refractivity contribution in [3.63, 3.8) is 0 Å². The molecule has 1 saturated heterocycles. The number of benzene rings is 1. The minimum absolute atomic E-state index is 0.197. The fourth-order valence-corrected chi connectivity index (χ4v) is 2.35. The van der Waals surface area contributed by atoms with Gasteiger partial charge < -0.3 is 20.1 Å². The van der Waals surface area contributed by atoms with Crippen molar-refractivity contribution in [1.29, 1.82) is 0 Å². The van der Waals surface area contributed by atoms with E-state index >= 15 is 0 Å². The second-order valence-corrected chi connectivity index (χ2v) is 5.48. The van der Waals surface area contributed by atoms with Crippen LogP contribution in [0.25, 0.3) is 0 Å². The number of carbonyl (C=O) groups excluding carboxylic acids is 3. The Hall–Kier alpha value is -2.28. The van der Waals surface area contributed by atoms with Gasteiger partial charge in [-0.2, -0.15) is 0 Å². The van der Waals surface area contributed by atoms with Crippen molar-refractivity contribution in [3.8, 4) is 5.75 Å². The van der Waals surface area contributed by atoms with Crippen molar-refractivity contribution in [2.24, 2.45) is 0 Å². The highest BCUT2D eigenvalue weighted by molar-refractivity contribution is 6.32. The van der Waals surface area contributed by atoms with Gasteiger partial charge in [0.2, 0.25) is 5.91 Å². The van der Waals surface area contributed by atoms with Crippen LogP contribution in [0.1, 0.15) is 19.8 Å². The summed E-state index contributed by atoms with van der Waals surface area (Å²) in [6.45, 7) is 1.45. The predicted molar refractivity (Wildman–Crippen MR) is 83.4 cm³/mol. The Morgan fingerprint density at radius 2 is 2.17 bits per heavy atom. The Labute approximate surface area is 138 Å². The molecule has 2 N–H and O–H groups in total. The van der Waals surface area contributed by atoms with E-state index in [1.807, 2.05) is 0 Å². The number of halogens is 1. The van der Waals surface area contributed by atoms with Crippen LogP contribution in [0.15, 0.2) is 18.2 Å². The molecule has 7 nitrogen and oxygen atoms in total. The van der Waals surface area contributed by atoms with Crippen molar-refractivity contribution in [1.82, 2.24) is 5.32 Å². The van der Waals surface area contributed by atoms with Crippen LogP contribution in [-0.4, -0.2) is 37.0 Å². The number of carbonyl (C=O) groups is 3. The number of hydrogen-bond donors (Lipinski definition) is 2. The molecule has 23 heavy (non-hydrogen) atoms. The van der Waals surface area contributed by atoms with E-state index < -0.39 is 24.0 Å². The molecule has 1 aliphatic heterocycles. The Balaban J connectivity index is 1.91. The maximum atomic E-state index is 12.0. The highest BCUT2D eigenvalue weighted by atomic mass is 35.5. The fraction of sp³-hybridized carbons (Fsp3) is 0.400. The van der Waals surface area contributed by atoms with E-state index in [0.717, 1.165) is 0 Å². The summed E-state index contributed by atoms with van der Waals surface area (Å²) in [6.07, 6.45) is -0.342. The molecule has 2 atom stereocenters. The van der Waals surface area contributed by atoms with E-state index in [-0.39, 0.29) is 12.3 Å². The van der Waals surface area contributed by atoms with Crippen molar-refractivity contribution < 1.29 is 23.9 Å². The maximum Gasteiger partial charge on any atom is 0.329 e. The second-order valence-electron chi connectivity index (χ2n) is 5.08. The lowest BCUT2D eigenvalue weighted by Crippen LogP contribution is -2.39. The van der Waals surface area contributed by atoms with Crippen LogP contribution >= 0.6 is 11.6 Å². The van der Waals surface area contributed by atoms with Crippen molar-refractivity contribution >= 4 is 35.1 Å². The van der Waals surface area contributed by atoms with Gasteiger partial charge in [0, 0.05) is 12.1 Å². The van der Waals surface area contributed by atoms with Crippen LogP contribution in [0.3, 0.4) is 0 Å². The summed E-state index contributed by atoms with van der Waals surface area (Å²) >= 11 is 5.97. The Morgan fingerprint density at radius 1 is 1.43 bits per heavy atom. The summed E-state index contributed by atoms with van der Waals surface area (Å²) in [6, 6.07) is 4.08. The van der Waals surface area contributed by atoms with E-state index in [1.54, 1.807) is 12.1 Å². The molecule has 124 valence electrons. The van der Waals surface area contributed by atoms with Gasteiger partial charge in [-0.15, -0.1) is 0 Å². The highest BCUT2D eigenvalue weighted by Crippen LogP contribution is 2.27. The van der Waals surface area contributed by atoms with Crippen LogP contribution in [0.2, 0.25) is 5.02 Å². The Morgan fingerprint density at radius 3 is 2.74 bits per heavy atom. The monoisotopic (exact) mass is 340 g/mol. The van der Waals surface area contributed by atoms with Crippen molar-refractivity contribution in [2.45, 2.75) is 31.9 Å². The van der Waals surface area contributed by atoms with E-state index in [4.69, 9.17) is 21.1 Å². The van der Waals surface area contributed by atoms with Crippen molar-refractivity contribution in [3.05, 3.63) is 23.2 Å². The Kier molecular flexibility index (Phi) is 5.44. The van der Waals surface area contributed by atoms with E-state index in [2.05, 4.69) is 10.6 Å². The molecule has 0 aromatic heterocycles. The number of anilines is 1. The van der Waals surface area contributed by atoms with Gasteiger partial charge in [-0.05, 0) is 31.5 Å². The summed E-state index contributed by atoms with van der Waals surface area (Å²) in [5.74, 6) is -0.826. The third-order valence-corrected chi connectivity index (χ3v) is 3.66. The number of nitrogens with one attached hydrogen (secondary N) is 2. The summed E-state index contributed by atoms with van der Waals surface area (Å²) in [4.78, 5) is 35.0. The molecule has 0 saturated carbocycles. The maximum absolute atomic E-state index is 12.0. The quantitative estimate of drug-likeness (QED) is 0.792. The zero-order chi connectivity index (χ0) is 17.0. The number of rotatable bonds is 5. The van der Waals surface area contributed by atoms with Gasteiger partial charge in [0.15, 0.2) is 6.10 Å². The van der Waals surface area contributed by atoms with Gasteiger partial charge in [-0.3, -0.25) is 9.59 Å². The van der Waals surface area contributed by atoms with Crippen LogP contribution in [0.4, 0.5) is 5.69 Å². The zero-order valence-electron chi connectivity index (χ0n) is 12.7. The summed E-state index contributed by atoms with van der Waals surface area (Å²) in [7, 11) is 1.49. The highest BCUT2D eigenvalue weighted by Gasteiger charge is 2.30. The second kappa shape index (κ2) is 7.32. The molecule has 0 spiro atoms. The van der Waals surface area contributed by atoms with Crippen LogP contribution in [0, 0.1) is 0 Å². The number of amides is 2. The molecule has 1 aliphatic rings. The summed E-state index contributed by atoms with van der Waals surface area (Å²) in [5, 5.41) is 5.44. The molecule has 0 radical (unpaired) electrons. The molecule has 8 heteroatoms. The molecule has 2 amide bonds. The minimum atomic E-state index is -0.999. The number of esters is 1. The van der Waals surface area contributed by atoms with Gasteiger partial charge in [-0.1, -0.05) is 11.6 Å². The summed E-state index contributed by atoms with van der Waals surface area (Å²) in [5.41, 5.74) is 0.456. The molecule has 0 bridgehead atoms. The number of hydrogen-bond acceptors (Lipinski definition) is 5. The van der Waals surface area contributed by atoms with Crippen LogP contribution in [-0.2, 0) is 19.1 Å². The number of methoxy groups -OCH3 is 1. The normalized spacial score (nSPS) is 18.0. The van der Waals surface area contributed by atoms with Gasteiger partial charge in [0.25, 0.3) is 5.91 Å². The average Bonchev–Trinajstić information content (AvgIpc) is 2.94. The molecule has 0 aliphatic carbocycles. The average molecular weight is 341 g/mol. The fourth-order valence-electron chi connectivity index (χ4n) is 2.09. The van der Waals surface area contributed by atoms with E-state index in [0.29, 0.717) is 22.9 Å². The SMILES string of the molecule is COc1ccc(NC(=O)[C@@H](C)OC(=O)[C@@H]2CCC(=O)N2)cc1Cl. The van der Waals surface area contributed by atoms with Crippen molar-refractivity contribution in [2.75, 3.05) is 12.4 Å². The lowest BCUT2D eigenvalue weighted by atomic mass is 10.2. The first-order chi connectivity index (χ1) is 10.9. The first-order valence-electron chi connectivity index (χ1n) is 7.05. The Bertz CT molecular complexity index is 634. The van der Waals surface area contributed by atoms with Gasteiger partial charge in [0.1, 0.15) is 11.8 Å². The van der Waals surface area contributed by atoms with E-state index in [1.165, 1.54) is 20.1 Å². The first kappa shape index (κ1) is 17.1. The lowest BCUT2D eigenvalue weighted by molar-refractivity contribution is -0.155. The van der Waals surface area contributed by atoms with Gasteiger partial charge in [0.05, 0.1) is 12.1 Å². The summed E-state index contributed by atoms with van der Waals surface area (Å²) < 4.78 is 10.1. The molecule has 1 aromatic carbocycles. The topological polar surface area (TPSA) is 93.7 Å². The largest absolute Gasteiger partial charge is 0.495 e. The van der Waals surface area contributed by atoms with E-state index in [9.17, 15) is 14.4 Å². The molecule has 1 aromatic rings. The first-order valence-corrected chi connectivity index (χ1v) is 7.42. The molecular formula is C15H17ClN2O5. The molecule has 1 fully saturated rings. The predicted octanol–water partition coefficient (Wildman–Crippen LogP) is 1.50. The molecule has 0 unspecified atom stereocenters. The smallest absolute Gasteiger partial charge is 0.329 e. The van der Waals surface area contributed by atoms with Gasteiger partial charge >= 0.3 is 5.97 Å². The molecule has 1 heterocycles. The van der Waals surface area contributed by atoms with Crippen LogP contribution < -0.4 is 15.4 Å². The van der Waals surface area contributed by atoms with Gasteiger partial charge in [-0.25, -0.2) is 4.79 Å². The zero-order valence-corrected chi connectivity index (χ0v) is 13.5. The molecule has 2 rings (SSSR count). The van der Waals surface area contributed by atoms with Crippen LogP contribution in [0.5, 0.6) is 5.75 Å². The lowest BCUT2D eigenvalue weighted by Gasteiger charge is -2.16. The minimum Gasteiger partial charge on any atom is -0.495 e. The third kappa shape index (κ3) is 4.35.